The van der Waals surface area contributed by atoms with E-state index in [1.807, 2.05) is 6.20 Å². The Morgan fingerprint density at radius 2 is 1.89 bits per heavy atom. The molecular formula is C14H23N3O. The van der Waals surface area contributed by atoms with Gasteiger partial charge in [0.15, 0.2) is 5.75 Å². The Balaban J connectivity index is 1.58. The molecule has 0 unspecified atom stereocenters. The summed E-state index contributed by atoms with van der Waals surface area (Å²) in [6.45, 7) is 2.14. The molecule has 1 saturated carbocycles. The van der Waals surface area contributed by atoms with E-state index < -0.39 is 0 Å². The number of hydrogen-bond acceptors (Lipinski definition) is 3. The third kappa shape index (κ3) is 2.86. The molecule has 2 aliphatic rings. The lowest BCUT2D eigenvalue weighted by Crippen LogP contribution is -2.34. The first-order valence-corrected chi connectivity index (χ1v) is 7.33. The average Bonchev–Trinajstić information content (AvgIpc) is 2.89. The van der Waals surface area contributed by atoms with Crippen LogP contribution in [0.4, 0.5) is 0 Å². The van der Waals surface area contributed by atoms with Gasteiger partial charge < -0.3 is 10.1 Å². The molecule has 1 N–H and O–H groups in total. The Labute approximate surface area is 109 Å². The molecular weight excluding hydrogens is 226 g/mol. The maximum atomic E-state index is 6.00. The molecule has 4 heteroatoms. The van der Waals surface area contributed by atoms with Crippen LogP contribution in [0.15, 0.2) is 12.4 Å². The van der Waals surface area contributed by atoms with Gasteiger partial charge in [0.2, 0.25) is 0 Å². The normalized spacial score (nSPS) is 23.1. The van der Waals surface area contributed by atoms with Crippen LogP contribution in [0.5, 0.6) is 5.75 Å². The van der Waals surface area contributed by atoms with Crippen LogP contribution in [0, 0.1) is 0 Å². The molecule has 0 aromatic carbocycles. The van der Waals surface area contributed by atoms with Gasteiger partial charge in [0.1, 0.15) is 6.10 Å². The minimum atomic E-state index is 0.371. The first kappa shape index (κ1) is 12.0. The number of piperidine rings is 1. The third-order valence-electron chi connectivity index (χ3n) is 4.12. The van der Waals surface area contributed by atoms with E-state index in [4.69, 9.17) is 4.74 Å². The van der Waals surface area contributed by atoms with Crippen molar-refractivity contribution in [1.29, 1.82) is 0 Å². The summed E-state index contributed by atoms with van der Waals surface area (Å²) in [6.07, 6.45) is 13.2. The lowest BCUT2D eigenvalue weighted by molar-refractivity contribution is 0.162. The minimum Gasteiger partial charge on any atom is -0.487 e. The third-order valence-corrected chi connectivity index (χ3v) is 4.12. The molecule has 100 valence electrons. The van der Waals surface area contributed by atoms with Crippen molar-refractivity contribution < 1.29 is 4.74 Å². The van der Waals surface area contributed by atoms with Crippen LogP contribution in [-0.4, -0.2) is 29.0 Å². The number of aromatic nitrogens is 2. The molecule has 0 bridgehead atoms. The predicted octanol–water partition coefficient (Wildman–Crippen LogP) is 2.52. The highest BCUT2D eigenvalue weighted by Crippen LogP contribution is 2.28. The Morgan fingerprint density at radius 1 is 1.11 bits per heavy atom. The van der Waals surface area contributed by atoms with Gasteiger partial charge in [-0.25, -0.2) is 0 Å². The van der Waals surface area contributed by atoms with Gasteiger partial charge in [-0.2, -0.15) is 5.10 Å². The Morgan fingerprint density at radius 3 is 2.67 bits per heavy atom. The maximum Gasteiger partial charge on any atom is 0.157 e. The molecule has 0 spiro atoms. The quantitative estimate of drug-likeness (QED) is 0.894. The second-order valence-corrected chi connectivity index (χ2v) is 5.52. The van der Waals surface area contributed by atoms with E-state index in [-0.39, 0.29) is 0 Å². The average molecular weight is 249 g/mol. The first-order chi connectivity index (χ1) is 8.92. The topological polar surface area (TPSA) is 39.1 Å². The molecule has 3 rings (SSSR count). The van der Waals surface area contributed by atoms with Gasteiger partial charge >= 0.3 is 0 Å². The van der Waals surface area contributed by atoms with Crippen molar-refractivity contribution >= 4 is 0 Å². The fourth-order valence-corrected chi connectivity index (χ4v) is 3.03. The summed E-state index contributed by atoms with van der Waals surface area (Å²) >= 11 is 0. The first-order valence-electron chi connectivity index (χ1n) is 7.33. The summed E-state index contributed by atoms with van der Waals surface area (Å²) in [5.41, 5.74) is 0. The Hall–Kier alpha value is -1.03. The number of nitrogens with zero attached hydrogens (tertiary/aromatic N) is 2. The van der Waals surface area contributed by atoms with E-state index in [1.54, 1.807) is 0 Å². The van der Waals surface area contributed by atoms with Crippen molar-refractivity contribution in [2.24, 2.45) is 0 Å². The van der Waals surface area contributed by atoms with Gasteiger partial charge in [-0.3, -0.25) is 4.68 Å². The summed E-state index contributed by atoms with van der Waals surface area (Å²) < 4.78 is 8.12. The maximum absolute atomic E-state index is 6.00. The Kier molecular flexibility index (Phi) is 3.84. The van der Waals surface area contributed by atoms with E-state index in [0.717, 1.165) is 31.7 Å². The van der Waals surface area contributed by atoms with E-state index in [2.05, 4.69) is 21.3 Å². The fourth-order valence-electron chi connectivity index (χ4n) is 3.03. The van der Waals surface area contributed by atoms with Crippen LogP contribution in [0.25, 0.3) is 0 Å². The molecule has 0 atom stereocenters. The summed E-state index contributed by atoms with van der Waals surface area (Å²) in [5, 5.41) is 7.84. The monoisotopic (exact) mass is 249 g/mol. The van der Waals surface area contributed by atoms with E-state index in [9.17, 15) is 0 Å². The molecule has 1 saturated heterocycles. The molecule has 0 amide bonds. The van der Waals surface area contributed by atoms with E-state index in [1.165, 1.54) is 32.1 Å². The summed E-state index contributed by atoms with van der Waals surface area (Å²) in [5.74, 6) is 0.951. The standard InChI is InChI=1S/C14H23N3O/c1-2-4-12(5-3-1)17-11-14(10-16-17)18-13-6-8-15-9-7-13/h10-13,15H,1-9H2. The molecule has 0 radical (unpaired) electrons. The highest BCUT2D eigenvalue weighted by atomic mass is 16.5. The number of ether oxygens (including phenoxy) is 1. The minimum absolute atomic E-state index is 0.371. The van der Waals surface area contributed by atoms with Crippen molar-refractivity contribution in [2.45, 2.75) is 57.1 Å². The molecule has 4 nitrogen and oxygen atoms in total. The number of rotatable bonds is 3. The number of nitrogens with one attached hydrogen (secondary N) is 1. The van der Waals surface area contributed by atoms with Gasteiger partial charge in [0.05, 0.1) is 18.4 Å². The Bertz CT molecular complexity index is 365. The van der Waals surface area contributed by atoms with Crippen LogP contribution in [0.1, 0.15) is 51.0 Å². The fraction of sp³-hybridized carbons (Fsp3) is 0.786. The zero-order valence-corrected chi connectivity index (χ0v) is 11.0. The van der Waals surface area contributed by atoms with E-state index in [0.29, 0.717) is 12.1 Å². The predicted molar refractivity (Wildman–Crippen MR) is 70.9 cm³/mol. The lowest BCUT2D eigenvalue weighted by Gasteiger charge is -2.23. The van der Waals surface area contributed by atoms with Crippen LogP contribution < -0.4 is 10.1 Å². The van der Waals surface area contributed by atoms with Crippen LogP contribution in [-0.2, 0) is 0 Å². The van der Waals surface area contributed by atoms with Crippen molar-refractivity contribution in [1.82, 2.24) is 15.1 Å². The van der Waals surface area contributed by atoms with Crippen LogP contribution in [0.2, 0.25) is 0 Å². The van der Waals surface area contributed by atoms with Crippen LogP contribution in [0.3, 0.4) is 0 Å². The summed E-state index contributed by atoms with van der Waals surface area (Å²) in [4.78, 5) is 0. The van der Waals surface area contributed by atoms with Gasteiger partial charge in [-0.1, -0.05) is 19.3 Å². The zero-order chi connectivity index (χ0) is 12.2. The molecule has 18 heavy (non-hydrogen) atoms. The second-order valence-electron chi connectivity index (χ2n) is 5.52. The van der Waals surface area contributed by atoms with Gasteiger partial charge in [0, 0.05) is 0 Å². The van der Waals surface area contributed by atoms with Gasteiger partial charge in [-0.15, -0.1) is 0 Å². The van der Waals surface area contributed by atoms with Crippen molar-refractivity contribution in [3.8, 4) is 5.75 Å². The van der Waals surface area contributed by atoms with Crippen molar-refractivity contribution in [3.05, 3.63) is 12.4 Å². The lowest BCUT2D eigenvalue weighted by atomic mass is 9.96. The van der Waals surface area contributed by atoms with Gasteiger partial charge in [-0.05, 0) is 38.8 Å². The summed E-state index contributed by atoms with van der Waals surface area (Å²) in [6, 6.07) is 0.601. The second kappa shape index (κ2) is 5.74. The van der Waals surface area contributed by atoms with Crippen molar-refractivity contribution in [2.75, 3.05) is 13.1 Å². The molecule has 1 aromatic heterocycles. The number of hydrogen-bond donors (Lipinski definition) is 1. The van der Waals surface area contributed by atoms with Crippen molar-refractivity contribution in [3.63, 3.8) is 0 Å². The van der Waals surface area contributed by atoms with E-state index >= 15 is 0 Å². The highest BCUT2D eigenvalue weighted by Gasteiger charge is 2.18. The van der Waals surface area contributed by atoms with Gasteiger partial charge in [0.25, 0.3) is 0 Å². The SMILES string of the molecule is c1nn(C2CCCCC2)cc1OC1CCNCC1. The molecule has 2 fully saturated rings. The highest BCUT2D eigenvalue weighted by molar-refractivity contribution is 5.13. The summed E-state index contributed by atoms with van der Waals surface area (Å²) in [7, 11) is 0. The molecule has 1 aromatic rings. The molecule has 1 aliphatic carbocycles. The van der Waals surface area contributed by atoms with Crippen LogP contribution >= 0.6 is 0 Å². The zero-order valence-electron chi connectivity index (χ0n) is 11.0. The smallest absolute Gasteiger partial charge is 0.157 e. The largest absolute Gasteiger partial charge is 0.487 e. The molecule has 2 heterocycles. The molecule has 1 aliphatic heterocycles.